The third-order valence-electron chi connectivity index (χ3n) is 4.67. The van der Waals surface area contributed by atoms with Crippen LogP contribution in [-0.2, 0) is 0 Å². The van der Waals surface area contributed by atoms with Crippen LogP contribution in [-0.4, -0.2) is 54.9 Å². The zero-order valence-electron chi connectivity index (χ0n) is 15.3. The van der Waals surface area contributed by atoms with E-state index in [1.54, 1.807) is 31.4 Å². The zero-order valence-corrected chi connectivity index (χ0v) is 15.3. The smallest absolute Gasteiger partial charge is 0.253 e. The fraction of sp³-hybridized carbons (Fsp3) is 0.333. The summed E-state index contributed by atoms with van der Waals surface area (Å²) in [5.41, 5.74) is 2.42. The highest BCUT2D eigenvalue weighted by molar-refractivity contribution is 5.95. The highest BCUT2D eigenvalue weighted by Gasteiger charge is 2.23. The van der Waals surface area contributed by atoms with Gasteiger partial charge in [0, 0.05) is 37.3 Å². The molecule has 1 fully saturated rings. The molecule has 0 atom stereocenters. The van der Waals surface area contributed by atoms with Crippen LogP contribution in [0, 0.1) is 6.92 Å². The summed E-state index contributed by atoms with van der Waals surface area (Å²) in [5, 5.41) is 0. The van der Waals surface area contributed by atoms with Crippen LogP contribution in [0.5, 0.6) is 5.75 Å². The van der Waals surface area contributed by atoms with Gasteiger partial charge in [0.05, 0.1) is 7.11 Å². The molecular formula is C21H24N2O3. The molecule has 0 aromatic heterocycles. The van der Waals surface area contributed by atoms with E-state index in [0.29, 0.717) is 37.3 Å². The van der Waals surface area contributed by atoms with Crippen LogP contribution in [0.15, 0.2) is 48.5 Å². The van der Waals surface area contributed by atoms with E-state index in [9.17, 15) is 9.59 Å². The average molecular weight is 352 g/mol. The molecule has 0 bridgehead atoms. The number of hydrogen-bond acceptors (Lipinski definition) is 3. The van der Waals surface area contributed by atoms with Crippen LogP contribution < -0.4 is 4.74 Å². The van der Waals surface area contributed by atoms with Crippen LogP contribution in [0.4, 0.5) is 0 Å². The van der Waals surface area contributed by atoms with Crippen LogP contribution in [0.1, 0.15) is 32.7 Å². The summed E-state index contributed by atoms with van der Waals surface area (Å²) < 4.78 is 5.14. The molecule has 136 valence electrons. The number of rotatable bonds is 3. The van der Waals surface area contributed by atoms with Gasteiger partial charge in [-0.25, -0.2) is 0 Å². The lowest BCUT2D eigenvalue weighted by molar-refractivity contribution is 0.0718. The van der Waals surface area contributed by atoms with Gasteiger partial charge in [0.15, 0.2) is 0 Å². The van der Waals surface area contributed by atoms with Crippen molar-refractivity contribution in [3.8, 4) is 5.75 Å². The number of nitrogens with zero attached hydrogens (tertiary/aromatic N) is 2. The Hall–Kier alpha value is -2.82. The second-order valence-electron chi connectivity index (χ2n) is 6.54. The molecule has 1 saturated heterocycles. The van der Waals surface area contributed by atoms with E-state index in [4.69, 9.17) is 4.74 Å². The van der Waals surface area contributed by atoms with E-state index in [1.807, 2.05) is 41.0 Å². The Kier molecular flexibility index (Phi) is 5.56. The molecule has 5 nitrogen and oxygen atoms in total. The number of benzene rings is 2. The maximum Gasteiger partial charge on any atom is 0.253 e. The summed E-state index contributed by atoms with van der Waals surface area (Å²) in [5.74, 6) is 0.761. The van der Waals surface area contributed by atoms with Gasteiger partial charge in [-0.3, -0.25) is 9.59 Å². The summed E-state index contributed by atoms with van der Waals surface area (Å²) in [6, 6.07) is 14.8. The van der Waals surface area contributed by atoms with E-state index in [1.165, 1.54) is 0 Å². The standard InChI is InChI=1S/C21H24N2O3/c1-16-5-3-6-18(15-16)21(25)23-12-4-11-22(13-14-23)20(24)17-7-9-19(26-2)10-8-17/h3,5-10,15H,4,11-14H2,1-2H3. The Bertz CT molecular complexity index is 786. The number of aryl methyl sites for hydroxylation is 1. The third-order valence-corrected chi connectivity index (χ3v) is 4.67. The minimum absolute atomic E-state index is 0.00231. The van der Waals surface area contributed by atoms with Gasteiger partial charge < -0.3 is 14.5 Å². The largest absolute Gasteiger partial charge is 0.497 e. The van der Waals surface area contributed by atoms with Crippen molar-refractivity contribution in [2.75, 3.05) is 33.3 Å². The van der Waals surface area contributed by atoms with Crippen molar-refractivity contribution in [1.29, 1.82) is 0 Å². The van der Waals surface area contributed by atoms with Crippen LogP contribution >= 0.6 is 0 Å². The number of carbonyl (C=O) groups is 2. The SMILES string of the molecule is COc1ccc(C(=O)N2CCCN(C(=O)c3cccc(C)c3)CC2)cc1. The Morgan fingerprint density at radius 1 is 0.846 bits per heavy atom. The quantitative estimate of drug-likeness (QED) is 0.853. The molecule has 1 aliphatic rings. The predicted molar refractivity (Wildman–Crippen MR) is 101 cm³/mol. The normalized spacial score (nSPS) is 14.7. The molecule has 2 aromatic rings. The van der Waals surface area contributed by atoms with E-state index < -0.39 is 0 Å². The summed E-state index contributed by atoms with van der Waals surface area (Å²) in [6.45, 7) is 4.40. The Labute approximate surface area is 154 Å². The van der Waals surface area contributed by atoms with Gasteiger partial charge in [-0.1, -0.05) is 17.7 Å². The van der Waals surface area contributed by atoms with E-state index in [-0.39, 0.29) is 11.8 Å². The molecule has 2 aromatic carbocycles. The number of carbonyl (C=O) groups excluding carboxylic acids is 2. The predicted octanol–water partition coefficient (Wildman–Crippen LogP) is 2.99. The minimum Gasteiger partial charge on any atom is -0.497 e. The van der Waals surface area contributed by atoms with Gasteiger partial charge in [-0.2, -0.15) is 0 Å². The molecular weight excluding hydrogens is 328 g/mol. The second-order valence-corrected chi connectivity index (χ2v) is 6.54. The maximum atomic E-state index is 12.7. The van der Waals surface area contributed by atoms with Crippen molar-refractivity contribution in [3.05, 3.63) is 65.2 Å². The molecule has 26 heavy (non-hydrogen) atoms. The van der Waals surface area contributed by atoms with Gasteiger partial charge in [-0.15, -0.1) is 0 Å². The molecule has 0 spiro atoms. The van der Waals surface area contributed by atoms with Crippen molar-refractivity contribution in [3.63, 3.8) is 0 Å². The Balaban J connectivity index is 1.65. The van der Waals surface area contributed by atoms with Gasteiger partial charge in [0.1, 0.15) is 5.75 Å². The van der Waals surface area contributed by atoms with E-state index in [0.717, 1.165) is 17.7 Å². The zero-order chi connectivity index (χ0) is 18.5. The average Bonchev–Trinajstić information content (AvgIpc) is 2.93. The number of methoxy groups -OCH3 is 1. The molecule has 5 heteroatoms. The fourth-order valence-electron chi connectivity index (χ4n) is 3.20. The maximum absolute atomic E-state index is 12.7. The highest BCUT2D eigenvalue weighted by atomic mass is 16.5. The van der Waals surface area contributed by atoms with Crippen molar-refractivity contribution < 1.29 is 14.3 Å². The first-order chi connectivity index (χ1) is 12.6. The Morgan fingerprint density at radius 2 is 1.46 bits per heavy atom. The van der Waals surface area contributed by atoms with Crippen molar-refractivity contribution in [2.24, 2.45) is 0 Å². The van der Waals surface area contributed by atoms with Gasteiger partial charge in [0.25, 0.3) is 11.8 Å². The molecule has 1 aliphatic heterocycles. The number of amides is 2. The van der Waals surface area contributed by atoms with Gasteiger partial charge >= 0.3 is 0 Å². The highest BCUT2D eigenvalue weighted by Crippen LogP contribution is 2.16. The molecule has 3 rings (SSSR count). The molecule has 0 unspecified atom stereocenters. The number of hydrogen-bond donors (Lipinski definition) is 0. The first-order valence-electron chi connectivity index (χ1n) is 8.88. The minimum atomic E-state index is -0.00231. The lowest BCUT2D eigenvalue weighted by atomic mass is 10.1. The molecule has 0 aliphatic carbocycles. The molecule has 0 radical (unpaired) electrons. The van der Waals surface area contributed by atoms with E-state index >= 15 is 0 Å². The van der Waals surface area contributed by atoms with Crippen molar-refractivity contribution >= 4 is 11.8 Å². The van der Waals surface area contributed by atoms with Crippen LogP contribution in [0.3, 0.4) is 0 Å². The molecule has 0 N–H and O–H groups in total. The van der Waals surface area contributed by atoms with Crippen molar-refractivity contribution in [2.45, 2.75) is 13.3 Å². The topological polar surface area (TPSA) is 49.9 Å². The van der Waals surface area contributed by atoms with Gasteiger partial charge in [0.2, 0.25) is 0 Å². The van der Waals surface area contributed by atoms with Crippen LogP contribution in [0.2, 0.25) is 0 Å². The number of ether oxygens (including phenoxy) is 1. The monoisotopic (exact) mass is 352 g/mol. The molecule has 2 amide bonds. The summed E-state index contributed by atoms with van der Waals surface area (Å²) >= 11 is 0. The summed E-state index contributed by atoms with van der Waals surface area (Å²) in [6.07, 6.45) is 0.777. The lowest BCUT2D eigenvalue weighted by Gasteiger charge is -2.22. The van der Waals surface area contributed by atoms with E-state index in [2.05, 4.69) is 0 Å². The van der Waals surface area contributed by atoms with Crippen LogP contribution in [0.25, 0.3) is 0 Å². The summed E-state index contributed by atoms with van der Waals surface area (Å²) in [4.78, 5) is 29.1. The third kappa shape index (κ3) is 4.04. The molecule has 0 saturated carbocycles. The van der Waals surface area contributed by atoms with Gasteiger partial charge in [-0.05, 0) is 49.7 Å². The summed E-state index contributed by atoms with van der Waals surface area (Å²) in [7, 11) is 1.60. The second kappa shape index (κ2) is 8.04. The fourth-order valence-corrected chi connectivity index (χ4v) is 3.20. The lowest BCUT2D eigenvalue weighted by Crippen LogP contribution is -2.37. The molecule has 1 heterocycles. The first kappa shape index (κ1) is 18.0. The first-order valence-corrected chi connectivity index (χ1v) is 8.88. The van der Waals surface area contributed by atoms with Crippen molar-refractivity contribution in [1.82, 2.24) is 9.80 Å². The Morgan fingerprint density at radius 3 is 2.04 bits per heavy atom.